The van der Waals surface area contributed by atoms with E-state index in [0.717, 1.165) is 38.8 Å². The lowest BCUT2D eigenvalue weighted by atomic mass is 9.94. The molecule has 2 saturated heterocycles. The summed E-state index contributed by atoms with van der Waals surface area (Å²) < 4.78 is 35.5. The van der Waals surface area contributed by atoms with Crippen molar-refractivity contribution >= 4 is 5.91 Å². The molecule has 3 heterocycles. The van der Waals surface area contributed by atoms with Gasteiger partial charge in [0, 0.05) is 24.7 Å². The molecule has 0 radical (unpaired) electrons. The van der Waals surface area contributed by atoms with Gasteiger partial charge in [0.05, 0.1) is 24.1 Å². The number of amides is 1. The minimum absolute atomic E-state index is 0.111. The zero-order chi connectivity index (χ0) is 25.7. The number of alkyl halides is 1. The van der Waals surface area contributed by atoms with Crippen molar-refractivity contribution in [1.29, 1.82) is 0 Å². The van der Waals surface area contributed by atoms with E-state index in [1.54, 1.807) is 23.2 Å². The highest BCUT2D eigenvalue weighted by Crippen LogP contribution is 2.27. The number of piperidine rings is 1. The summed E-state index contributed by atoms with van der Waals surface area (Å²) >= 11 is 0. The molecule has 0 spiro atoms. The van der Waals surface area contributed by atoms with Crippen molar-refractivity contribution < 1.29 is 18.3 Å². The topological polar surface area (TPSA) is 45.7 Å². The smallest absolute Gasteiger partial charge is 0.257 e. The van der Waals surface area contributed by atoms with Gasteiger partial charge in [-0.25, -0.2) is 8.78 Å². The van der Waals surface area contributed by atoms with Crippen LogP contribution in [0.1, 0.15) is 69.7 Å². The Kier molecular flexibility index (Phi) is 8.60. The summed E-state index contributed by atoms with van der Waals surface area (Å²) in [6.07, 6.45) is 6.69. The molecule has 1 aromatic carbocycles. The molecule has 4 rings (SSSR count). The summed E-state index contributed by atoms with van der Waals surface area (Å²) in [6, 6.07) is 8.50. The summed E-state index contributed by atoms with van der Waals surface area (Å²) in [4.78, 5) is 21.2. The van der Waals surface area contributed by atoms with Crippen LogP contribution in [-0.2, 0) is 0 Å². The Hall–Kier alpha value is -2.54. The number of carbonyl (C=O) groups excluding carboxylic acids is 1. The second kappa shape index (κ2) is 11.7. The van der Waals surface area contributed by atoms with Gasteiger partial charge in [0.15, 0.2) is 0 Å². The minimum Gasteiger partial charge on any atom is -0.492 e. The molecule has 0 aliphatic carbocycles. The van der Waals surface area contributed by atoms with Gasteiger partial charge in [-0.2, -0.15) is 0 Å². The summed E-state index contributed by atoms with van der Waals surface area (Å²) in [7, 11) is 0. The number of hydrogen-bond acceptors (Lipinski definition) is 4. The number of pyridine rings is 1. The Morgan fingerprint density at radius 1 is 1.11 bits per heavy atom. The second-order valence-electron chi connectivity index (χ2n) is 10.5. The average molecular weight is 500 g/mol. The van der Waals surface area contributed by atoms with Gasteiger partial charge in [-0.3, -0.25) is 9.78 Å². The van der Waals surface area contributed by atoms with E-state index in [2.05, 4.69) is 9.88 Å². The number of ether oxygens (including phenoxy) is 1. The molecule has 196 valence electrons. The summed E-state index contributed by atoms with van der Waals surface area (Å²) in [5.41, 5.74) is 0.285. The van der Waals surface area contributed by atoms with Crippen LogP contribution in [0.25, 0.3) is 11.3 Å². The third-order valence-corrected chi connectivity index (χ3v) is 8.01. The van der Waals surface area contributed by atoms with Crippen molar-refractivity contribution in [1.82, 2.24) is 14.8 Å². The molecule has 36 heavy (non-hydrogen) atoms. The number of carbonyl (C=O) groups is 1. The molecule has 0 N–H and O–H groups in total. The molecule has 2 aliphatic heterocycles. The number of hydrogen-bond donors (Lipinski definition) is 0. The predicted octanol–water partition coefficient (Wildman–Crippen LogP) is 6.13. The van der Waals surface area contributed by atoms with Crippen molar-refractivity contribution in [3.8, 4) is 17.0 Å². The Labute approximate surface area is 213 Å². The first-order chi connectivity index (χ1) is 17.3. The van der Waals surface area contributed by atoms with Gasteiger partial charge in [0.2, 0.25) is 0 Å². The van der Waals surface area contributed by atoms with Crippen molar-refractivity contribution in [3.05, 3.63) is 47.9 Å². The third-order valence-electron chi connectivity index (χ3n) is 8.01. The van der Waals surface area contributed by atoms with Crippen molar-refractivity contribution in [2.24, 2.45) is 5.92 Å². The normalized spacial score (nSPS) is 19.6. The van der Waals surface area contributed by atoms with Crippen LogP contribution in [0.15, 0.2) is 36.5 Å². The zero-order valence-corrected chi connectivity index (χ0v) is 21.8. The molecule has 1 amide bonds. The highest BCUT2D eigenvalue weighted by atomic mass is 19.1. The number of rotatable bonds is 9. The van der Waals surface area contributed by atoms with E-state index in [-0.39, 0.29) is 17.5 Å². The Balaban J connectivity index is 1.28. The first kappa shape index (κ1) is 26.5. The van der Waals surface area contributed by atoms with Crippen LogP contribution in [0.3, 0.4) is 0 Å². The standard InChI is InChI=1S/C29H39F2N3O2/c1-4-29(31,5-2)20-33-15-12-22(13-16-33)19-36-24-9-11-27(32-18-24)23-8-10-25(26(30)17-23)28(35)34-14-6-7-21(34)3/h8-11,17-18,21-22H,4-7,12-16,19-20H2,1-3H3/t21-/m0/s1. The Bertz CT molecular complexity index is 1020. The van der Waals surface area contributed by atoms with Crippen LogP contribution >= 0.6 is 0 Å². The molecule has 7 heteroatoms. The fraction of sp³-hybridized carbons (Fsp3) is 0.586. The van der Waals surface area contributed by atoms with Gasteiger partial charge < -0.3 is 14.5 Å². The van der Waals surface area contributed by atoms with Crippen LogP contribution in [0.5, 0.6) is 5.75 Å². The molecular weight excluding hydrogens is 460 g/mol. The van der Waals surface area contributed by atoms with E-state index >= 15 is 0 Å². The number of nitrogens with zero attached hydrogens (tertiary/aromatic N) is 3. The van der Waals surface area contributed by atoms with Gasteiger partial charge in [-0.05, 0) is 88.7 Å². The molecule has 2 aromatic rings. The number of benzene rings is 1. The first-order valence-electron chi connectivity index (χ1n) is 13.4. The minimum atomic E-state index is -1.08. The van der Waals surface area contributed by atoms with E-state index in [4.69, 9.17) is 4.74 Å². The van der Waals surface area contributed by atoms with Gasteiger partial charge >= 0.3 is 0 Å². The zero-order valence-electron chi connectivity index (χ0n) is 21.8. The molecule has 5 nitrogen and oxygen atoms in total. The largest absolute Gasteiger partial charge is 0.492 e. The lowest BCUT2D eigenvalue weighted by molar-refractivity contribution is 0.0568. The molecule has 1 aromatic heterocycles. The lowest BCUT2D eigenvalue weighted by Gasteiger charge is -2.36. The van der Waals surface area contributed by atoms with Gasteiger partial charge in [0.1, 0.15) is 17.2 Å². The van der Waals surface area contributed by atoms with Crippen LogP contribution in [-0.4, -0.2) is 65.2 Å². The van der Waals surface area contributed by atoms with E-state index in [9.17, 15) is 13.6 Å². The maximum Gasteiger partial charge on any atom is 0.257 e. The van der Waals surface area contributed by atoms with Crippen LogP contribution in [0.2, 0.25) is 0 Å². The Morgan fingerprint density at radius 2 is 1.86 bits per heavy atom. The fourth-order valence-corrected chi connectivity index (χ4v) is 5.27. The molecule has 0 saturated carbocycles. The predicted molar refractivity (Wildman–Crippen MR) is 138 cm³/mol. The fourth-order valence-electron chi connectivity index (χ4n) is 5.27. The molecule has 1 atom stereocenters. The van der Waals surface area contributed by atoms with Crippen molar-refractivity contribution in [3.63, 3.8) is 0 Å². The van der Waals surface area contributed by atoms with E-state index < -0.39 is 11.5 Å². The van der Waals surface area contributed by atoms with E-state index in [0.29, 0.717) is 55.5 Å². The average Bonchev–Trinajstić information content (AvgIpc) is 3.34. The van der Waals surface area contributed by atoms with Gasteiger partial charge in [-0.1, -0.05) is 19.9 Å². The van der Waals surface area contributed by atoms with E-state index in [1.165, 1.54) is 6.07 Å². The summed E-state index contributed by atoms with van der Waals surface area (Å²) in [5.74, 6) is 0.353. The number of halogens is 2. The summed E-state index contributed by atoms with van der Waals surface area (Å²) in [6.45, 7) is 9.46. The summed E-state index contributed by atoms with van der Waals surface area (Å²) in [5, 5.41) is 0. The lowest BCUT2D eigenvalue weighted by Crippen LogP contribution is -2.44. The van der Waals surface area contributed by atoms with Gasteiger partial charge in [-0.15, -0.1) is 0 Å². The highest BCUT2D eigenvalue weighted by Gasteiger charge is 2.30. The second-order valence-corrected chi connectivity index (χ2v) is 10.5. The number of likely N-dealkylation sites (tertiary alicyclic amines) is 2. The Morgan fingerprint density at radius 3 is 2.44 bits per heavy atom. The van der Waals surface area contributed by atoms with E-state index in [1.807, 2.05) is 32.9 Å². The van der Waals surface area contributed by atoms with Crippen LogP contribution in [0, 0.1) is 11.7 Å². The quantitative estimate of drug-likeness (QED) is 0.416. The monoisotopic (exact) mass is 499 g/mol. The van der Waals surface area contributed by atoms with Crippen LogP contribution < -0.4 is 4.74 Å². The van der Waals surface area contributed by atoms with Crippen molar-refractivity contribution in [2.45, 2.75) is 71.0 Å². The van der Waals surface area contributed by atoms with Crippen LogP contribution in [0.4, 0.5) is 8.78 Å². The molecule has 2 fully saturated rings. The first-order valence-corrected chi connectivity index (χ1v) is 13.4. The molecule has 0 unspecified atom stereocenters. The SMILES string of the molecule is CCC(F)(CC)CN1CCC(COc2ccc(-c3ccc(C(=O)N4CCC[C@@H]4C)c(F)c3)nc2)CC1. The maximum atomic E-state index is 14.8. The van der Waals surface area contributed by atoms with Crippen molar-refractivity contribution in [2.75, 3.05) is 32.8 Å². The highest BCUT2D eigenvalue weighted by molar-refractivity contribution is 5.95. The molecule has 2 aliphatic rings. The maximum absolute atomic E-state index is 14.8. The van der Waals surface area contributed by atoms with Gasteiger partial charge in [0.25, 0.3) is 5.91 Å². The number of aromatic nitrogens is 1. The molecular formula is C29H39F2N3O2. The molecule has 0 bridgehead atoms. The third kappa shape index (κ3) is 6.23.